The smallest absolute Gasteiger partial charge is 0.238 e. The van der Waals surface area contributed by atoms with Crippen molar-refractivity contribution in [2.24, 2.45) is 0 Å². The van der Waals surface area contributed by atoms with E-state index in [1.807, 2.05) is 0 Å². The Bertz CT molecular complexity index is 350. The maximum atomic E-state index is 12.6. The normalized spacial score (nSPS) is 16.9. The van der Waals surface area contributed by atoms with Crippen LogP contribution in [0, 0.1) is 5.82 Å². The molecule has 1 saturated heterocycles. The van der Waals surface area contributed by atoms with E-state index in [0.717, 1.165) is 5.56 Å². The van der Waals surface area contributed by atoms with E-state index in [2.05, 4.69) is 5.32 Å². The van der Waals surface area contributed by atoms with E-state index in [-0.39, 0.29) is 18.3 Å². The van der Waals surface area contributed by atoms with E-state index in [9.17, 15) is 9.18 Å². The molecule has 0 N–H and O–H groups in total. The quantitative estimate of drug-likeness (QED) is 0.705. The molecule has 1 amide bonds. The van der Waals surface area contributed by atoms with Crippen LogP contribution >= 0.6 is 0 Å². The average Bonchev–Trinajstić information content (AvgIpc) is 2.25. The molecule has 1 aliphatic heterocycles. The molecule has 4 heteroatoms. The van der Waals surface area contributed by atoms with Crippen molar-refractivity contribution >= 4 is 5.91 Å². The van der Waals surface area contributed by atoms with Gasteiger partial charge in [0.15, 0.2) is 0 Å². The van der Waals surface area contributed by atoms with E-state index < -0.39 is 0 Å². The zero-order chi connectivity index (χ0) is 10.7. The van der Waals surface area contributed by atoms with Crippen LogP contribution in [0.5, 0.6) is 0 Å². The van der Waals surface area contributed by atoms with E-state index in [1.165, 1.54) is 12.1 Å². The summed E-state index contributed by atoms with van der Waals surface area (Å²) in [5, 5.41) is 4.01. The lowest BCUT2D eigenvalue weighted by molar-refractivity contribution is -0.132. The van der Waals surface area contributed by atoms with Crippen molar-refractivity contribution in [2.45, 2.75) is 6.54 Å². The molecule has 1 fully saturated rings. The number of carbonyl (C=O) groups excluding carboxylic acids is 1. The molecule has 0 bridgehead atoms. The van der Waals surface area contributed by atoms with Crippen LogP contribution in [-0.2, 0) is 11.3 Å². The van der Waals surface area contributed by atoms with E-state index in [4.69, 9.17) is 0 Å². The minimum absolute atomic E-state index is 0.0468. The predicted octanol–water partition coefficient (Wildman–Crippen LogP) is 0.772. The summed E-state index contributed by atoms with van der Waals surface area (Å²) >= 11 is 0. The number of amides is 1. The van der Waals surface area contributed by atoms with Crippen LogP contribution in [-0.4, -0.2) is 30.4 Å². The molecule has 79 valence electrons. The zero-order valence-electron chi connectivity index (χ0n) is 8.32. The molecule has 1 aliphatic rings. The monoisotopic (exact) mass is 207 g/mol. The Balaban J connectivity index is 2.01. The third-order valence-electron chi connectivity index (χ3n) is 2.41. The number of benzene rings is 1. The van der Waals surface area contributed by atoms with Gasteiger partial charge in [0.1, 0.15) is 5.82 Å². The molecule has 1 aromatic carbocycles. The van der Waals surface area contributed by atoms with Crippen molar-refractivity contribution in [3.05, 3.63) is 35.6 Å². The van der Waals surface area contributed by atoms with Gasteiger partial charge in [-0.1, -0.05) is 12.1 Å². The van der Waals surface area contributed by atoms with Gasteiger partial charge < -0.3 is 4.90 Å². The molecule has 3 nitrogen and oxygen atoms in total. The fourth-order valence-electron chi connectivity index (χ4n) is 1.57. The molecular formula is C11H12FN2O. The first-order chi connectivity index (χ1) is 7.25. The van der Waals surface area contributed by atoms with Crippen LogP contribution in [0.15, 0.2) is 24.3 Å². The highest BCUT2D eigenvalue weighted by molar-refractivity contribution is 5.78. The Morgan fingerprint density at radius 3 is 2.73 bits per heavy atom. The average molecular weight is 207 g/mol. The summed E-state index contributed by atoms with van der Waals surface area (Å²) in [5.74, 6) is -0.204. The van der Waals surface area contributed by atoms with Crippen molar-refractivity contribution in [3.8, 4) is 0 Å². The second-order valence-corrected chi connectivity index (χ2v) is 3.55. The van der Waals surface area contributed by atoms with Crippen LogP contribution in [0.1, 0.15) is 5.56 Å². The first-order valence-corrected chi connectivity index (χ1v) is 4.91. The number of hydrogen-bond acceptors (Lipinski definition) is 1. The van der Waals surface area contributed by atoms with Crippen LogP contribution < -0.4 is 5.32 Å². The fourth-order valence-corrected chi connectivity index (χ4v) is 1.57. The van der Waals surface area contributed by atoms with Gasteiger partial charge in [0.2, 0.25) is 5.91 Å². The molecular weight excluding hydrogens is 195 g/mol. The van der Waals surface area contributed by atoms with Gasteiger partial charge in [-0.3, -0.25) is 4.79 Å². The summed E-state index contributed by atoms with van der Waals surface area (Å²) in [6.45, 7) is 2.19. The Labute approximate surface area is 87.9 Å². The molecule has 0 spiro atoms. The van der Waals surface area contributed by atoms with Gasteiger partial charge in [-0.15, -0.1) is 0 Å². The number of nitrogens with zero attached hydrogens (tertiary/aromatic N) is 2. The first-order valence-electron chi connectivity index (χ1n) is 4.91. The Hall–Kier alpha value is -1.42. The van der Waals surface area contributed by atoms with Crippen LogP contribution in [0.2, 0.25) is 0 Å². The van der Waals surface area contributed by atoms with Crippen molar-refractivity contribution in [2.75, 3.05) is 19.6 Å². The minimum Gasteiger partial charge on any atom is -0.336 e. The summed E-state index contributed by atoms with van der Waals surface area (Å²) in [5.41, 5.74) is 0.951. The van der Waals surface area contributed by atoms with Gasteiger partial charge in [0.25, 0.3) is 0 Å². The molecule has 0 unspecified atom stereocenters. The van der Waals surface area contributed by atoms with Crippen molar-refractivity contribution in [1.82, 2.24) is 10.2 Å². The second-order valence-electron chi connectivity index (χ2n) is 3.55. The topological polar surface area (TPSA) is 34.4 Å². The van der Waals surface area contributed by atoms with Crippen molar-refractivity contribution in [3.63, 3.8) is 0 Å². The highest BCUT2D eigenvalue weighted by Crippen LogP contribution is 2.07. The van der Waals surface area contributed by atoms with Gasteiger partial charge >= 0.3 is 0 Å². The maximum absolute atomic E-state index is 12.6. The number of piperazine rings is 1. The van der Waals surface area contributed by atoms with Gasteiger partial charge in [-0.2, -0.15) is 0 Å². The summed E-state index contributed by atoms with van der Waals surface area (Å²) in [6, 6.07) is 6.23. The molecule has 0 aromatic heterocycles. The summed E-state index contributed by atoms with van der Waals surface area (Å²) < 4.78 is 12.6. The number of halogens is 1. The number of hydrogen-bond donors (Lipinski definition) is 0. The predicted molar refractivity (Wildman–Crippen MR) is 53.7 cm³/mol. The summed E-state index contributed by atoms with van der Waals surface area (Å²) in [4.78, 5) is 13.2. The lowest BCUT2D eigenvalue weighted by Gasteiger charge is -2.26. The highest BCUT2D eigenvalue weighted by Gasteiger charge is 2.18. The lowest BCUT2D eigenvalue weighted by atomic mass is 10.2. The standard InChI is InChI=1S/C11H12FN2O/c12-10-3-1-9(2-4-10)8-14-6-5-13-7-11(14)15/h1-4H,5-8H2. The fraction of sp³-hybridized carbons (Fsp3) is 0.364. The number of carbonyl (C=O) groups is 1. The molecule has 1 radical (unpaired) electrons. The molecule has 1 aromatic rings. The van der Waals surface area contributed by atoms with Crippen molar-refractivity contribution < 1.29 is 9.18 Å². The molecule has 1 heterocycles. The SMILES string of the molecule is O=C1C[N]CCN1Cc1ccc(F)cc1. The maximum Gasteiger partial charge on any atom is 0.238 e. The Morgan fingerprint density at radius 2 is 2.07 bits per heavy atom. The van der Waals surface area contributed by atoms with E-state index in [1.54, 1.807) is 17.0 Å². The van der Waals surface area contributed by atoms with Gasteiger partial charge in [0.05, 0.1) is 6.54 Å². The van der Waals surface area contributed by atoms with E-state index in [0.29, 0.717) is 19.6 Å². The zero-order valence-corrected chi connectivity index (χ0v) is 8.32. The lowest BCUT2D eigenvalue weighted by Crippen LogP contribution is -2.44. The molecule has 0 aliphatic carbocycles. The largest absolute Gasteiger partial charge is 0.336 e. The third kappa shape index (κ3) is 2.53. The molecule has 0 saturated carbocycles. The van der Waals surface area contributed by atoms with Crippen LogP contribution in [0.4, 0.5) is 4.39 Å². The minimum atomic E-state index is -0.251. The molecule has 15 heavy (non-hydrogen) atoms. The highest BCUT2D eigenvalue weighted by atomic mass is 19.1. The summed E-state index contributed by atoms with van der Waals surface area (Å²) in [7, 11) is 0. The van der Waals surface area contributed by atoms with Gasteiger partial charge in [-0.25, -0.2) is 9.71 Å². The van der Waals surface area contributed by atoms with Gasteiger partial charge in [0, 0.05) is 19.6 Å². The number of rotatable bonds is 2. The Morgan fingerprint density at radius 1 is 1.33 bits per heavy atom. The molecule has 0 atom stereocenters. The first kappa shape index (κ1) is 10.1. The Kier molecular flexibility index (Phi) is 2.97. The van der Waals surface area contributed by atoms with Crippen LogP contribution in [0.25, 0.3) is 0 Å². The molecule has 2 rings (SSSR count). The second kappa shape index (κ2) is 4.40. The van der Waals surface area contributed by atoms with Crippen LogP contribution in [0.3, 0.4) is 0 Å². The van der Waals surface area contributed by atoms with E-state index >= 15 is 0 Å². The third-order valence-corrected chi connectivity index (χ3v) is 2.41. The van der Waals surface area contributed by atoms with Crippen molar-refractivity contribution in [1.29, 1.82) is 0 Å². The summed E-state index contributed by atoms with van der Waals surface area (Å²) in [6.07, 6.45) is 0. The van der Waals surface area contributed by atoms with Gasteiger partial charge in [-0.05, 0) is 17.7 Å².